The minimum Gasteiger partial charge on any atom is -0.543 e. The van der Waals surface area contributed by atoms with E-state index in [1.54, 1.807) is 18.2 Å². The maximum absolute atomic E-state index is 10.9. The molecule has 0 atom stereocenters. The molecule has 1 heterocycles. The van der Waals surface area contributed by atoms with Crippen LogP contribution < -0.4 is 5.11 Å². The van der Waals surface area contributed by atoms with Crippen LogP contribution in [0.5, 0.6) is 0 Å². The third kappa shape index (κ3) is 2.74. The van der Waals surface area contributed by atoms with Crippen LogP contribution in [-0.2, 0) is 0 Å². The Morgan fingerprint density at radius 1 is 1.32 bits per heavy atom. The van der Waals surface area contributed by atoms with E-state index in [1.807, 2.05) is 13.8 Å². The average Bonchev–Trinajstić information content (AvgIpc) is 2.73. The summed E-state index contributed by atoms with van der Waals surface area (Å²) in [6.45, 7) is 3.88. The van der Waals surface area contributed by atoms with Gasteiger partial charge >= 0.3 is 0 Å². The summed E-state index contributed by atoms with van der Waals surface area (Å²) < 4.78 is 1.51. The number of carboxylic acids is 1. The third-order valence-electron chi connectivity index (χ3n) is 2.68. The monoisotopic (exact) mass is 297 g/mol. The van der Waals surface area contributed by atoms with Gasteiger partial charge in [-0.2, -0.15) is 5.10 Å². The third-order valence-corrected chi connectivity index (χ3v) is 3.21. The van der Waals surface area contributed by atoms with E-state index < -0.39 is 5.97 Å². The van der Waals surface area contributed by atoms with E-state index in [1.165, 1.54) is 10.7 Å². The van der Waals surface area contributed by atoms with Crippen molar-refractivity contribution in [2.75, 3.05) is 0 Å². The maximum atomic E-state index is 10.9. The van der Waals surface area contributed by atoms with Gasteiger partial charge in [0.1, 0.15) is 5.69 Å². The van der Waals surface area contributed by atoms with Gasteiger partial charge in [-0.05, 0) is 30.2 Å². The normalized spacial score (nSPS) is 11.0. The molecule has 0 amide bonds. The Bertz CT molecular complexity index is 636. The van der Waals surface area contributed by atoms with Crippen LogP contribution in [0, 0.1) is 0 Å². The fourth-order valence-electron chi connectivity index (χ4n) is 1.75. The van der Waals surface area contributed by atoms with E-state index in [2.05, 4.69) is 5.10 Å². The first-order valence-corrected chi connectivity index (χ1v) is 6.42. The van der Waals surface area contributed by atoms with Gasteiger partial charge in [0.2, 0.25) is 0 Å². The molecule has 0 aliphatic heterocycles. The van der Waals surface area contributed by atoms with Crippen molar-refractivity contribution in [1.29, 1.82) is 0 Å². The van der Waals surface area contributed by atoms with E-state index >= 15 is 0 Å². The molecule has 1 aromatic heterocycles. The number of hydrogen-bond donors (Lipinski definition) is 0. The zero-order valence-electron chi connectivity index (χ0n) is 10.4. The van der Waals surface area contributed by atoms with Gasteiger partial charge in [-0.3, -0.25) is 0 Å². The average molecular weight is 298 g/mol. The van der Waals surface area contributed by atoms with Crippen molar-refractivity contribution < 1.29 is 9.90 Å². The minimum absolute atomic E-state index is 0.0901. The Hall–Kier alpha value is -1.52. The first-order chi connectivity index (χ1) is 8.90. The molecule has 0 bridgehead atoms. The molecule has 0 saturated carbocycles. The summed E-state index contributed by atoms with van der Waals surface area (Å²) in [6, 6.07) is 6.45. The predicted octanol–water partition coefficient (Wildman–Crippen LogP) is 2.67. The number of carbonyl (C=O) groups is 1. The van der Waals surface area contributed by atoms with E-state index in [-0.39, 0.29) is 11.6 Å². The number of rotatable bonds is 3. The smallest absolute Gasteiger partial charge is 0.108 e. The summed E-state index contributed by atoms with van der Waals surface area (Å²) in [5, 5.41) is 15.8. The number of nitrogens with zero attached hydrogens (tertiary/aromatic N) is 2. The lowest BCUT2D eigenvalue weighted by Gasteiger charge is -2.11. The van der Waals surface area contributed by atoms with E-state index in [0.29, 0.717) is 15.7 Å². The molecule has 2 aromatic rings. The predicted molar refractivity (Wildman–Crippen MR) is 72.0 cm³/mol. The highest BCUT2D eigenvalue weighted by molar-refractivity contribution is 6.35. The molecule has 0 N–H and O–H groups in total. The van der Waals surface area contributed by atoms with Crippen molar-refractivity contribution >= 4 is 29.2 Å². The summed E-state index contributed by atoms with van der Waals surface area (Å²) in [7, 11) is 0. The second kappa shape index (κ2) is 5.23. The fraction of sp³-hybridized carbons (Fsp3) is 0.231. The molecule has 4 nitrogen and oxygen atoms in total. The molecular formula is C13H11Cl2N2O2-. The molecule has 0 saturated heterocycles. The first kappa shape index (κ1) is 13.9. The van der Waals surface area contributed by atoms with Gasteiger partial charge < -0.3 is 9.90 Å². The van der Waals surface area contributed by atoms with Crippen LogP contribution in [0.4, 0.5) is 0 Å². The van der Waals surface area contributed by atoms with Crippen molar-refractivity contribution in [1.82, 2.24) is 9.78 Å². The highest BCUT2D eigenvalue weighted by Crippen LogP contribution is 2.27. The minimum atomic E-state index is -1.31. The van der Waals surface area contributed by atoms with Gasteiger partial charge in [-0.15, -0.1) is 0 Å². The highest BCUT2D eigenvalue weighted by Gasteiger charge is 2.15. The Morgan fingerprint density at radius 2 is 2.00 bits per heavy atom. The first-order valence-electron chi connectivity index (χ1n) is 5.67. The van der Waals surface area contributed by atoms with Gasteiger partial charge in [0.05, 0.1) is 16.7 Å². The van der Waals surface area contributed by atoms with Crippen LogP contribution in [0.25, 0.3) is 5.69 Å². The number of halogens is 2. The fourth-order valence-corrected chi connectivity index (χ4v) is 2.24. The molecule has 6 heteroatoms. The zero-order chi connectivity index (χ0) is 14.2. The van der Waals surface area contributed by atoms with Crippen molar-refractivity contribution in [2.45, 2.75) is 19.8 Å². The Kier molecular flexibility index (Phi) is 3.83. The summed E-state index contributed by atoms with van der Waals surface area (Å²) in [6.07, 6.45) is 0. The molecule has 1 aromatic carbocycles. The van der Waals surface area contributed by atoms with Gasteiger partial charge in [-0.1, -0.05) is 37.0 Å². The molecule has 0 spiro atoms. The second-order valence-corrected chi connectivity index (χ2v) is 5.25. The standard InChI is InChI=1S/C13H12Cl2N2O2/c1-7(2)12-6-10(13(18)19)16-17(12)11-4-3-8(14)5-9(11)15/h3-7H,1-2H3,(H,18,19)/p-1. The number of hydrogen-bond acceptors (Lipinski definition) is 3. The lowest BCUT2D eigenvalue weighted by atomic mass is 10.1. The topological polar surface area (TPSA) is 57.9 Å². The number of aromatic nitrogens is 2. The number of aromatic carboxylic acids is 1. The molecule has 19 heavy (non-hydrogen) atoms. The van der Waals surface area contributed by atoms with E-state index in [9.17, 15) is 9.90 Å². The van der Waals surface area contributed by atoms with Crippen LogP contribution in [0.1, 0.15) is 35.9 Å². The summed E-state index contributed by atoms with van der Waals surface area (Å²) in [4.78, 5) is 10.9. The number of benzene rings is 1. The van der Waals surface area contributed by atoms with Crippen LogP contribution >= 0.6 is 23.2 Å². The lowest BCUT2D eigenvalue weighted by molar-refractivity contribution is -0.255. The SMILES string of the molecule is CC(C)c1cc(C(=O)[O-])nn1-c1ccc(Cl)cc1Cl. The Balaban J connectivity index is 2.63. The molecule has 0 aliphatic rings. The van der Waals surface area contributed by atoms with Crippen LogP contribution in [0.15, 0.2) is 24.3 Å². The molecule has 0 aliphatic carbocycles. The molecule has 0 unspecified atom stereocenters. The zero-order valence-corrected chi connectivity index (χ0v) is 11.9. The quantitative estimate of drug-likeness (QED) is 0.875. The highest BCUT2D eigenvalue weighted by atomic mass is 35.5. The molecule has 0 radical (unpaired) electrons. The van der Waals surface area contributed by atoms with Crippen molar-refractivity contribution in [3.8, 4) is 5.69 Å². The molecule has 100 valence electrons. The number of carboxylic acid groups (broad SMARTS) is 1. The summed E-state index contributed by atoms with van der Waals surface area (Å²) >= 11 is 12.0. The summed E-state index contributed by atoms with van der Waals surface area (Å²) in [5.74, 6) is -1.22. The maximum Gasteiger partial charge on any atom is 0.108 e. The van der Waals surface area contributed by atoms with Crippen molar-refractivity contribution in [2.24, 2.45) is 0 Å². The Labute approximate surface area is 120 Å². The Morgan fingerprint density at radius 3 is 2.53 bits per heavy atom. The van der Waals surface area contributed by atoms with Crippen molar-refractivity contribution in [3.05, 3.63) is 45.7 Å². The molecule has 2 rings (SSSR count). The van der Waals surface area contributed by atoms with Crippen LogP contribution in [-0.4, -0.2) is 15.7 Å². The molecular weight excluding hydrogens is 287 g/mol. The van der Waals surface area contributed by atoms with Crippen molar-refractivity contribution in [3.63, 3.8) is 0 Å². The molecule has 0 fully saturated rings. The van der Waals surface area contributed by atoms with Gasteiger partial charge in [-0.25, -0.2) is 4.68 Å². The lowest BCUT2D eigenvalue weighted by Crippen LogP contribution is -2.22. The van der Waals surface area contributed by atoms with E-state index in [4.69, 9.17) is 23.2 Å². The van der Waals surface area contributed by atoms with E-state index in [0.717, 1.165) is 5.69 Å². The van der Waals surface area contributed by atoms with Crippen LogP contribution in [0.2, 0.25) is 10.0 Å². The van der Waals surface area contributed by atoms with Gasteiger partial charge in [0, 0.05) is 10.7 Å². The number of carbonyl (C=O) groups excluding carboxylic acids is 1. The van der Waals surface area contributed by atoms with Gasteiger partial charge in [0.15, 0.2) is 0 Å². The second-order valence-electron chi connectivity index (χ2n) is 4.40. The summed E-state index contributed by atoms with van der Waals surface area (Å²) in [5.41, 5.74) is 1.21. The van der Waals surface area contributed by atoms with Gasteiger partial charge in [0.25, 0.3) is 0 Å². The largest absolute Gasteiger partial charge is 0.543 e. The van der Waals surface area contributed by atoms with Crippen LogP contribution in [0.3, 0.4) is 0 Å².